The molecule has 0 bridgehead atoms. The fourth-order valence-corrected chi connectivity index (χ4v) is 4.97. The van der Waals surface area contributed by atoms with E-state index in [0.717, 1.165) is 18.4 Å². The van der Waals surface area contributed by atoms with Gasteiger partial charge in [-0.05, 0) is 56.5 Å². The van der Waals surface area contributed by atoms with Crippen LogP contribution >= 0.6 is 0 Å². The van der Waals surface area contributed by atoms with Gasteiger partial charge in [-0.25, -0.2) is 8.42 Å². The topological polar surface area (TPSA) is 66.6 Å². The van der Waals surface area contributed by atoms with E-state index in [1.807, 2.05) is 0 Å². The van der Waals surface area contributed by atoms with Gasteiger partial charge in [0.05, 0.1) is 4.90 Å². The molecule has 2 aliphatic rings. The first-order valence-electron chi connectivity index (χ1n) is 8.14. The zero-order valence-corrected chi connectivity index (χ0v) is 13.8. The Kier molecular flexibility index (Phi) is 4.82. The molecule has 22 heavy (non-hydrogen) atoms. The number of hydrogen-bond donors (Lipinski definition) is 1. The zero-order valence-electron chi connectivity index (χ0n) is 12.9. The Morgan fingerprint density at radius 3 is 2.14 bits per heavy atom. The number of hydrogen-bond acceptors (Lipinski definition) is 4. The SMILES string of the molecule is NCc1ccc(S(=O)(=O)N2CCC(N3CCCC3)CC2)cc1. The molecule has 1 aromatic rings. The van der Waals surface area contributed by atoms with Crippen molar-refractivity contribution in [3.05, 3.63) is 29.8 Å². The van der Waals surface area contributed by atoms with Crippen LogP contribution in [0.2, 0.25) is 0 Å². The number of likely N-dealkylation sites (tertiary alicyclic amines) is 1. The Balaban J connectivity index is 1.65. The number of sulfonamides is 1. The van der Waals surface area contributed by atoms with Crippen molar-refractivity contribution in [2.24, 2.45) is 5.73 Å². The van der Waals surface area contributed by atoms with E-state index in [0.29, 0.717) is 30.6 Å². The molecule has 0 aliphatic carbocycles. The van der Waals surface area contributed by atoms with Crippen LogP contribution in [0.5, 0.6) is 0 Å². The second-order valence-corrected chi connectivity index (χ2v) is 8.16. The van der Waals surface area contributed by atoms with Crippen LogP contribution in [0.4, 0.5) is 0 Å². The Morgan fingerprint density at radius 2 is 1.59 bits per heavy atom. The van der Waals surface area contributed by atoms with Crippen molar-refractivity contribution in [2.75, 3.05) is 26.2 Å². The third-order valence-corrected chi connectivity index (χ3v) is 6.79. The lowest BCUT2D eigenvalue weighted by Crippen LogP contribution is -2.45. The van der Waals surface area contributed by atoms with Gasteiger partial charge in [-0.2, -0.15) is 4.31 Å². The Bertz CT molecular complexity index is 586. The molecule has 0 unspecified atom stereocenters. The van der Waals surface area contributed by atoms with Crippen molar-refractivity contribution in [1.82, 2.24) is 9.21 Å². The minimum atomic E-state index is -3.36. The maximum absolute atomic E-state index is 12.7. The smallest absolute Gasteiger partial charge is 0.243 e. The molecule has 2 saturated heterocycles. The summed E-state index contributed by atoms with van der Waals surface area (Å²) in [5.74, 6) is 0. The molecule has 0 amide bonds. The van der Waals surface area contributed by atoms with Crippen molar-refractivity contribution in [3.63, 3.8) is 0 Å². The maximum atomic E-state index is 12.7. The minimum Gasteiger partial charge on any atom is -0.326 e. The highest BCUT2D eigenvalue weighted by Gasteiger charge is 2.32. The molecule has 0 atom stereocenters. The van der Waals surface area contributed by atoms with Gasteiger partial charge in [-0.15, -0.1) is 0 Å². The number of benzene rings is 1. The Morgan fingerprint density at radius 1 is 1.00 bits per heavy atom. The number of nitrogens with zero attached hydrogens (tertiary/aromatic N) is 2. The second-order valence-electron chi connectivity index (χ2n) is 6.23. The summed E-state index contributed by atoms with van der Waals surface area (Å²) < 4.78 is 27.0. The highest BCUT2D eigenvalue weighted by Crippen LogP contribution is 2.25. The molecule has 0 saturated carbocycles. The van der Waals surface area contributed by atoms with Gasteiger partial charge in [0, 0.05) is 25.7 Å². The number of nitrogens with two attached hydrogens (primary N) is 1. The van der Waals surface area contributed by atoms with E-state index < -0.39 is 10.0 Å². The van der Waals surface area contributed by atoms with E-state index in [1.54, 1.807) is 28.6 Å². The minimum absolute atomic E-state index is 0.379. The van der Waals surface area contributed by atoms with Crippen molar-refractivity contribution in [3.8, 4) is 0 Å². The number of rotatable bonds is 4. The zero-order chi connectivity index (χ0) is 15.6. The molecule has 2 fully saturated rings. The van der Waals surface area contributed by atoms with Crippen LogP contribution in [0.3, 0.4) is 0 Å². The number of piperidine rings is 1. The van der Waals surface area contributed by atoms with Gasteiger partial charge in [0.2, 0.25) is 10.0 Å². The van der Waals surface area contributed by atoms with Crippen LogP contribution in [0.15, 0.2) is 29.2 Å². The first-order valence-corrected chi connectivity index (χ1v) is 9.58. The molecule has 3 rings (SSSR count). The van der Waals surface area contributed by atoms with Crippen LogP contribution in [-0.2, 0) is 16.6 Å². The molecule has 0 spiro atoms. The summed E-state index contributed by atoms with van der Waals surface area (Å²) in [7, 11) is -3.36. The van der Waals surface area contributed by atoms with Crippen LogP contribution < -0.4 is 5.73 Å². The maximum Gasteiger partial charge on any atom is 0.243 e. The molecule has 122 valence electrons. The van der Waals surface area contributed by atoms with E-state index in [1.165, 1.54) is 25.9 Å². The third kappa shape index (κ3) is 3.20. The van der Waals surface area contributed by atoms with Crippen LogP contribution in [0, 0.1) is 0 Å². The van der Waals surface area contributed by atoms with Crippen molar-refractivity contribution >= 4 is 10.0 Å². The quantitative estimate of drug-likeness (QED) is 0.909. The van der Waals surface area contributed by atoms with E-state index in [4.69, 9.17) is 5.73 Å². The fraction of sp³-hybridized carbons (Fsp3) is 0.625. The first kappa shape index (κ1) is 15.9. The lowest BCUT2D eigenvalue weighted by atomic mass is 10.1. The first-order chi connectivity index (χ1) is 10.6. The molecule has 0 radical (unpaired) electrons. The lowest BCUT2D eigenvalue weighted by Gasteiger charge is -2.36. The predicted octanol–water partition coefficient (Wildman–Crippen LogP) is 1.39. The second kappa shape index (κ2) is 6.66. The van der Waals surface area contributed by atoms with Crippen LogP contribution in [0.25, 0.3) is 0 Å². The van der Waals surface area contributed by atoms with Gasteiger partial charge in [-0.3, -0.25) is 0 Å². The predicted molar refractivity (Wildman–Crippen MR) is 86.9 cm³/mol. The summed E-state index contributed by atoms with van der Waals surface area (Å²) in [5, 5.41) is 0. The third-order valence-electron chi connectivity index (χ3n) is 4.88. The molecule has 2 aliphatic heterocycles. The molecule has 1 aromatic carbocycles. The summed E-state index contributed by atoms with van der Waals surface area (Å²) in [6.07, 6.45) is 4.46. The van der Waals surface area contributed by atoms with Crippen LogP contribution in [-0.4, -0.2) is 49.8 Å². The van der Waals surface area contributed by atoms with E-state index in [-0.39, 0.29) is 0 Å². The summed E-state index contributed by atoms with van der Waals surface area (Å²) in [6, 6.07) is 7.50. The van der Waals surface area contributed by atoms with Gasteiger partial charge >= 0.3 is 0 Å². The molecule has 0 aromatic heterocycles. The van der Waals surface area contributed by atoms with Crippen molar-refractivity contribution < 1.29 is 8.42 Å². The van der Waals surface area contributed by atoms with E-state index in [2.05, 4.69) is 4.90 Å². The van der Waals surface area contributed by atoms with Gasteiger partial charge in [0.25, 0.3) is 0 Å². The summed E-state index contributed by atoms with van der Waals surface area (Å²) in [5.41, 5.74) is 6.51. The van der Waals surface area contributed by atoms with Crippen molar-refractivity contribution in [1.29, 1.82) is 0 Å². The highest BCUT2D eigenvalue weighted by atomic mass is 32.2. The molecule has 2 N–H and O–H groups in total. The highest BCUT2D eigenvalue weighted by molar-refractivity contribution is 7.89. The molecular formula is C16H25N3O2S. The molecule has 6 heteroatoms. The monoisotopic (exact) mass is 323 g/mol. The Labute approximate surface area is 133 Å². The van der Waals surface area contributed by atoms with Gasteiger partial charge in [0.1, 0.15) is 0 Å². The summed E-state index contributed by atoms with van der Waals surface area (Å²) >= 11 is 0. The summed E-state index contributed by atoms with van der Waals surface area (Å²) in [6.45, 7) is 4.04. The molecule has 2 heterocycles. The average Bonchev–Trinajstić information content (AvgIpc) is 3.09. The van der Waals surface area contributed by atoms with Gasteiger partial charge < -0.3 is 10.6 Å². The lowest BCUT2D eigenvalue weighted by molar-refractivity contribution is 0.168. The Hall–Kier alpha value is -0.950. The van der Waals surface area contributed by atoms with Gasteiger partial charge in [-0.1, -0.05) is 12.1 Å². The molecular weight excluding hydrogens is 298 g/mol. The molecule has 5 nitrogen and oxygen atoms in total. The summed E-state index contributed by atoms with van der Waals surface area (Å²) in [4.78, 5) is 2.91. The van der Waals surface area contributed by atoms with E-state index in [9.17, 15) is 8.42 Å². The normalized spacial score (nSPS) is 22.2. The average molecular weight is 323 g/mol. The van der Waals surface area contributed by atoms with Crippen LogP contribution in [0.1, 0.15) is 31.2 Å². The largest absolute Gasteiger partial charge is 0.326 e. The van der Waals surface area contributed by atoms with Crippen molar-refractivity contribution in [2.45, 2.75) is 43.2 Å². The van der Waals surface area contributed by atoms with Gasteiger partial charge in [0.15, 0.2) is 0 Å². The standard InChI is InChI=1S/C16H25N3O2S/c17-13-14-3-5-16(6-4-14)22(20,21)19-11-7-15(8-12-19)18-9-1-2-10-18/h3-6,15H,1-2,7-13,17H2. The fourth-order valence-electron chi connectivity index (χ4n) is 3.50. The van der Waals surface area contributed by atoms with E-state index >= 15 is 0 Å².